The number of carboxylic acids is 2. The summed E-state index contributed by atoms with van der Waals surface area (Å²) in [6, 6.07) is -1.06. The Kier molecular flexibility index (Phi) is 17.0. The maximum atomic E-state index is 9.99. The van der Waals surface area contributed by atoms with E-state index in [1.165, 1.54) is 0 Å². The second-order valence-electron chi connectivity index (χ2n) is 1.88. The van der Waals surface area contributed by atoms with Crippen LogP contribution in [0.5, 0.6) is 0 Å². The number of rotatable bonds is 4. The summed E-state index contributed by atoms with van der Waals surface area (Å²) in [4.78, 5) is 19.9. The molecule has 0 aromatic heterocycles. The van der Waals surface area contributed by atoms with E-state index in [2.05, 4.69) is 0 Å². The quantitative estimate of drug-likeness (QED) is 0.401. The molecule has 1 atom stereocenters. The van der Waals surface area contributed by atoms with Crippen LogP contribution in [0.1, 0.15) is 15.7 Å². The van der Waals surface area contributed by atoms with E-state index in [9.17, 15) is 9.59 Å². The summed E-state index contributed by atoms with van der Waals surface area (Å²) in [5.74, 6) is -2.20. The van der Waals surface area contributed by atoms with E-state index in [4.69, 9.17) is 15.9 Å². The van der Waals surface area contributed by atoms with Crippen molar-refractivity contribution in [1.29, 1.82) is 0 Å². The Balaban J connectivity index is -0.0000000675. The standard InChI is InChI=1S/C5H9NO4.K.Na.2H/c6-3(5(9)10)1-2-4(7)8;;;;/h3H,1-2,6H2,(H,7,8)(H,9,10);;;;/q;2*+1;2*-1/t3-;;;;/m0..../s1. The molecule has 0 aromatic carbocycles. The van der Waals surface area contributed by atoms with E-state index in [1.807, 2.05) is 0 Å². The summed E-state index contributed by atoms with van der Waals surface area (Å²) >= 11 is 0. The Morgan fingerprint density at radius 3 is 2.08 bits per heavy atom. The predicted molar refractivity (Wildman–Crippen MR) is 34.7 cm³/mol. The van der Waals surface area contributed by atoms with Crippen LogP contribution >= 0.6 is 0 Å². The molecule has 7 heteroatoms. The topological polar surface area (TPSA) is 101 Å². The molecule has 62 valence electrons. The van der Waals surface area contributed by atoms with Crippen molar-refractivity contribution in [2.75, 3.05) is 0 Å². The third-order valence-corrected chi connectivity index (χ3v) is 0.986. The van der Waals surface area contributed by atoms with Crippen LogP contribution in [0.2, 0.25) is 0 Å². The molecule has 0 aromatic rings. The SMILES string of the molecule is N[C@@H](CCC(=O)O)C(=O)O.[H-].[H-].[K+].[Na+]. The fourth-order valence-corrected chi connectivity index (χ4v) is 0.402. The molecule has 0 heterocycles. The van der Waals surface area contributed by atoms with Crippen LogP contribution in [0.25, 0.3) is 0 Å². The van der Waals surface area contributed by atoms with Crippen molar-refractivity contribution in [3.63, 3.8) is 0 Å². The van der Waals surface area contributed by atoms with Gasteiger partial charge < -0.3 is 18.8 Å². The number of carboxylic acid groups (broad SMARTS) is 2. The first-order valence-electron chi connectivity index (χ1n) is 2.74. The molecule has 12 heavy (non-hydrogen) atoms. The smallest absolute Gasteiger partial charge is 1.00 e. The van der Waals surface area contributed by atoms with Crippen molar-refractivity contribution < 1.29 is 104 Å². The maximum Gasteiger partial charge on any atom is 1.00 e. The van der Waals surface area contributed by atoms with Gasteiger partial charge >= 0.3 is 92.9 Å². The molecular weight excluding hydrogens is 200 g/mol. The molecule has 0 aliphatic rings. The molecule has 0 fully saturated rings. The molecule has 0 bridgehead atoms. The minimum absolute atomic E-state index is 0. The largest absolute Gasteiger partial charge is 1.00 e. The zero-order valence-corrected chi connectivity index (χ0v) is 12.4. The van der Waals surface area contributed by atoms with Gasteiger partial charge in [-0.15, -0.1) is 0 Å². The predicted octanol–water partition coefficient (Wildman–Crippen LogP) is -6.50. The second-order valence-corrected chi connectivity index (χ2v) is 1.88. The van der Waals surface area contributed by atoms with Gasteiger partial charge in [-0.05, 0) is 6.42 Å². The summed E-state index contributed by atoms with van der Waals surface area (Å²) in [7, 11) is 0. The minimum Gasteiger partial charge on any atom is -1.00 e. The molecule has 0 saturated carbocycles. The summed E-state index contributed by atoms with van der Waals surface area (Å²) in [6.45, 7) is 0. The maximum absolute atomic E-state index is 9.99. The minimum atomic E-state index is -1.17. The van der Waals surface area contributed by atoms with Gasteiger partial charge in [0.25, 0.3) is 0 Å². The Bertz CT molecular complexity index is 163. The van der Waals surface area contributed by atoms with E-state index < -0.39 is 18.0 Å². The average Bonchev–Trinajstić information content (AvgIpc) is 1.82. The molecule has 4 N–H and O–H groups in total. The molecule has 0 amide bonds. The van der Waals surface area contributed by atoms with Crippen LogP contribution in [0, 0.1) is 0 Å². The van der Waals surface area contributed by atoms with Crippen LogP contribution in [-0.2, 0) is 9.59 Å². The number of hydrogen-bond donors (Lipinski definition) is 3. The first-order chi connectivity index (χ1) is 4.54. The Hall–Kier alpha value is 1.54. The summed E-state index contributed by atoms with van der Waals surface area (Å²) in [5, 5.41) is 16.3. The zero-order valence-electron chi connectivity index (χ0n) is 9.28. The number of hydrogen-bond acceptors (Lipinski definition) is 3. The van der Waals surface area contributed by atoms with E-state index in [0.29, 0.717) is 0 Å². The number of aliphatic carboxylic acids is 2. The summed E-state index contributed by atoms with van der Waals surface area (Å²) < 4.78 is 0. The molecule has 0 aliphatic carbocycles. The Morgan fingerprint density at radius 2 is 1.83 bits per heavy atom. The van der Waals surface area contributed by atoms with Gasteiger partial charge in [0.2, 0.25) is 0 Å². The van der Waals surface area contributed by atoms with E-state index >= 15 is 0 Å². The first kappa shape index (κ1) is 19.2. The molecule has 0 radical (unpaired) electrons. The van der Waals surface area contributed by atoms with Gasteiger partial charge in [0.05, 0.1) is 0 Å². The Labute approximate surface area is 138 Å². The van der Waals surface area contributed by atoms with Gasteiger partial charge in [0.1, 0.15) is 6.04 Å². The number of nitrogens with two attached hydrogens (primary N) is 1. The number of carbonyl (C=O) groups is 2. The molecule has 0 spiro atoms. The molecule has 5 nitrogen and oxygen atoms in total. The van der Waals surface area contributed by atoms with Crippen molar-refractivity contribution in [3.05, 3.63) is 0 Å². The molecule has 0 aliphatic heterocycles. The van der Waals surface area contributed by atoms with Gasteiger partial charge in [0, 0.05) is 6.42 Å². The van der Waals surface area contributed by atoms with Gasteiger partial charge in [-0.25, -0.2) is 0 Å². The van der Waals surface area contributed by atoms with Crippen LogP contribution in [0.15, 0.2) is 0 Å². The first-order valence-corrected chi connectivity index (χ1v) is 2.74. The van der Waals surface area contributed by atoms with E-state index in [-0.39, 0.29) is 96.6 Å². The summed E-state index contributed by atoms with van der Waals surface area (Å²) in [6.07, 6.45) is -0.224. The van der Waals surface area contributed by atoms with Crippen molar-refractivity contribution in [2.24, 2.45) is 5.73 Å². The van der Waals surface area contributed by atoms with Crippen LogP contribution in [0.3, 0.4) is 0 Å². The van der Waals surface area contributed by atoms with Crippen molar-refractivity contribution in [2.45, 2.75) is 18.9 Å². The van der Waals surface area contributed by atoms with Gasteiger partial charge in [-0.1, -0.05) is 0 Å². The normalized spacial score (nSPS) is 10.4. The van der Waals surface area contributed by atoms with Crippen LogP contribution in [0.4, 0.5) is 0 Å². The van der Waals surface area contributed by atoms with Crippen molar-refractivity contribution >= 4 is 11.9 Å². The molecule has 0 saturated heterocycles. The van der Waals surface area contributed by atoms with Crippen molar-refractivity contribution in [3.8, 4) is 0 Å². The van der Waals surface area contributed by atoms with Gasteiger partial charge in [-0.2, -0.15) is 0 Å². The fourth-order valence-electron chi connectivity index (χ4n) is 0.402. The van der Waals surface area contributed by atoms with Gasteiger partial charge in [0.15, 0.2) is 0 Å². The van der Waals surface area contributed by atoms with Gasteiger partial charge in [-0.3, -0.25) is 9.59 Å². The van der Waals surface area contributed by atoms with Crippen LogP contribution < -0.4 is 86.7 Å². The fraction of sp³-hybridized carbons (Fsp3) is 0.600. The molecular formula is C5H11KNNaO4. The van der Waals surface area contributed by atoms with E-state index in [0.717, 1.165) is 0 Å². The molecule has 0 unspecified atom stereocenters. The third kappa shape index (κ3) is 11.5. The summed E-state index contributed by atoms with van der Waals surface area (Å²) in [5.41, 5.74) is 5.00. The second kappa shape index (κ2) is 10.6. The zero-order chi connectivity index (χ0) is 8.15. The third-order valence-electron chi connectivity index (χ3n) is 0.986. The molecule has 0 rings (SSSR count). The average molecular weight is 211 g/mol. The van der Waals surface area contributed by atoms with Crippen LogP contribution in [-0.4, -0.2) is 28.2 Å². The van der Waals surface area contributed by atoms with E-state index in [1.54, 1.807) is 0 Å². The van der Waals surface area contributed by atoms with Crippen molar-refractivity contribution in [1.82, 2.24) is 0 Å². The Morgan fingerprint density at radius 1 is 1.42 bits per heavy atom. The monoisotopic (exact) mass is 211 g/mol.